The maximum absolute atomic E-state index is 11.8. The third kappa shape index (κ3) is 5.55. The molecule has 8 heteroatoms. The van der Waals surface area contributed by atoms with Crippen molar-refractivity contribution in [2.75, 3.05) is 19.8 Å². The van der Waals surface area contributed by atoms with E-state index in [1.54, 1.807) is 6.08 Å². The lowest BCUT2D eigenvalue weighted by atomic mass is 10.2. The molecule has 0 radical (unpaired) electrons. The van der Waals surface area contributed by atoms with Crippen molar-refractivity contribution in [2.24, 2.45) is 10.7 Å². The van der Waals surface area contributed by atoms with Gasteiger partial charge in [-0.05, 0) is 76.9 Å². The summed E-state index contributed by atoms with van der Waals surface area (Å²) >= 11 is 4.68. The van der Waals surface area contributed by atoms with Crippen LogP contribution in [-0.4, -0.2) is 30.9 Å². The molecule has 3 rings (SSSR count). The smallest absolute Gasteiger partial charge is 0.286 e. The third-order valence-electron chi connectivity index (χ3n) is 3.95. The van der Waals surface area contributed by atoms with Gasteiger partial charge in [0.15, 0.2) is 16.7 Å². The summed E-state index contributed by atoms with van der Waals surface area (Å²) in [5.74, 6) is 1.66. The quantitative estimate of drug-likeness (QED) is 0.444. The number of para-hydroxylation sites is 1. The Morgan fingerprint density at radius 2 is 1.90 bits per heavy atom. The van der Waals surface area contributed by atoms with Gasteiger partial charge in [0.1, 0.15) is 19.0 Å². The van der Waals surface area contributed by atoms with Crippen LogP contribution in [0.25, 0.3) is 6.08 Å². The zero-order valence-electron chi connectivity index (χ0n) is 16.1. The standard InChI is InChI=1S/C21H21BrN2O4S/c1-3-26-17-11-14(12-18-20(25)24-21(23)29-18)10-15(22)19(17)28-9-8-27-16-7-5-4-6-13(16)2/h4-7,10-12H,3,8-9H2,1-2H3,(H2,23,24,25)/b18-12-. The summed E-state index contributed by atoms with van der Waals surface area (Å²) in [6.45, 7) is 5.13. The van der Waals surface area contributed by atoms with Crippen molar-refractivity contribution in [2.45, 2.75) is 13.8 Å². The number of hydrogen-bond donors (Lipinski definition) is 1. The van der Waals surface area contributed by atoms with Crippen LogP contribution in [-0.2, 0) is 4.79 Å². The molecule has 0 bridgehead atoms. The first-order valence-electron chi connectivity index (χ1n) is 9.03. The molecule has 0 aliphatic carbocycles. The SMILES string of the molecule is CCOc1cc(/C=C2\SC(N)=NC2=O)cc(Br)c1OCCOc1ccccc1C. The van der Waals surface area contributed by atoms with Gasteiger partial charge in [-0.1, -0.05) is 18.2 Å². The predicted molar refractivity (Wildman–Crippen MR) is 120 cm³/mol. The van der Waals surface area contributed by atoms with Crippen LogP contribution in [0.1, 0.15) is 18.1 Å². The summed E-state index contributed by atoms with van der Waals surface area (Å²) in [5, 5.41) is 0.249. The van der Waals surface area contributed by atoms with Crippen molar-refractivity contribution in [3.05, 3.63) is 56.9 Å². The molecule has 0 unspecified atom stereocenters. The summed E-state index contributed by atoms with van der Waals surface area (Å²) in [6.07, 6.45) is 1.73. The zero-order chi connectivity index (χ0) is 20.8. The van der Waals surface area contributed by atoms with E-state index in [0.29, 0.717) is 36.2 Å². The van der Waals surface area contributed by atoms with Crippen LogP contribution in [0.15, 0.2) is 50.8 Å². The number of carbonyl (C=O) groups excluding carboxylic acids is 1. The van der Waals surface area contributed by atoms with Gasteiger partial charge >= 0.3 is 0 Å². The minimum Gasteiger partial charge on any atom is -0.490 e. The van der Waals surface area contributed by atoms with Gasteiger partial charge in [-0.25, -0.2) is 0 Å². The molecule has 2 aromatic rings. The number of carbonyl (C=O) groups is 1. The lowest BCUT2D eigenvalue weighted by Crippen LogP contribution is -2.11. The van der Waals surface area contributed by atoms with Gasteiger partial charge < -0.3 is 19.9 Å². The molecule has 0 saturated heterocycles. The molecule has 1 aliphatic rings. The van der Waals surface area contributed by atoms with Crippen molar-refractivity contribution in [3.63, 3.8) is 0 Å². The molecule has 1 heterocycles. The molecule has 2 N–H and O–H groups in total. The number of aryl methyl sites for hydroxylation is 1. The fourth-order valence-electron chi connectivity index (χ4n) is 2.66. The Hall–Kier alpha value is -2.45. The molecule has 2 aromatic carbocycles. The van der Waals surface area contributed by atoms with Gasteiger partial charge in [0.25, 0.3) is 5.91 Å². The maximum Gasteiger partial charge on any atom is 0.286 e. The normalized spacial score (nSPS) is 14.8. The van der Waals surface area contributed by atoms with E-state index in [4.69, 9.17) is 19.9 Å². The first-order valence-corrected chi connectivity index (χ1v) is 10.6. The van der Waals surface area contributed by atoms with Gasteiger partial charge in [-0.15, -0.1) is 0 Å². The molecule has 0 atom stereocenters. The van der Waals surface area contributed by atoms with Crippen molar-refractivity contribution in [3.8, 4) is 17.2 Å². The molecule has 0 saturated carbocycles. The Morgan fingerprint density at radius 3 is 2.59 bits per heavy atom. The summed E-state index contributed by atoms with van der Waals surface area (Å²) in [7, 11) is 0. The summed E-state index contributed by atoms with van der Waals surface area (Å²) in [6, 6.07) is 11.5. The predicted octanol–water partition coefficient (Wildman–Crippen LogP) is 4.54. The molecule has 29 heavy (non-hydrogen) atoms. The Balaban J connectivity index is 1.70. The molecular formula is C21H21BrN2O4S. The van der Waals surface area contributed by atoms with Crippen molar-refractivity contribution < 1.29 is 19.0 Å². The number of aliphatic imine (C=N–C) groups is 1. The minimum absolute atomic E-state index is 0.249. The average Bonchev–Trinajstić information content (AvgIpc) is 2.99. The molecule has 1 amide bonds. The van der Waals surface area contributed by atoms with E-state index >= 15 is 0 Å². The molecule has 0 spiro atoms. The van der Waals surface area contributed by atoms with E-state index < -0.39 is 0 Å². The molecule has 1 aliphatic heterocycles. The van der Waals surface area contributed by atoms with Gasteiger partial charge in [-0.2, -0.15) is 4.99 Å². The highest BCUT2D eigenvalue weighted by molar-refractivity contribution is 9.10. The van der Waals surface area contributed by atoms with Crippen LogP contribution in [0, 0.1) is 6.92 Å². The van der Waals surface area contributed by atoms with Crippen LogP contribution in [0.3, 0.4) is 0 Å². The summed E-state index contributed by atoms with van der Waals surface area (Å²) in [5.41, 5.74) is 7.46. The number of benzene rings is 2. The van der Waals surface area contributed by atoms with Crippen LogP contribution in [0.2, 0.25) is 0 Å². The van der Waals surface area contributed by atoms with E-state index in [1.165, 1.54) is 0 Å². The number of ether oxygens (including phenoxy) is 3. The number of halogens is 1. The molecule has 152 valence electrons. The van der Waals surface area contributed by atoms with E-state index in [0.717, 1.165) is 33.1 Å². The van der Waals surface area contributed by atoms with E-state index in [9.17, 15) is 4.79 Å². The second kappa shape index (κ2) is 9.84. The van der Waals surface area contributed by atoms with Gasteiger partial charge in [-0.3, -0.25) is 4.79 Å². The molecule has 0 aromatic heterocycles. The van der Waals surface area contributed by atoms with Gasteiger partial charge in [0.2, 0.25) is 0 Å². The number of amidine groups is 1. The lowest BCUT2D eigenvalue weighted by molar-refractivity contribution is -0.113. The highest BCUT2D eigenvalue weighted by Crippen LogP contribution is 2.38. The Kier molecular flexibility index (Phi) is 7.22. The van der Waals surface area contributed by atoms with E-state index in [1.807, 2.05) is 50.2 Å². The number of nitrogens with two attached hydrogens (primary N) is 1. The number of hydrogen-bond acceptors (Lipinski definition) is 6. The lowest BCUT2D eigenvalue weighted by Gasteiger charge is -2.15. The van der Waals surface area contributed by atoms with Gasteiger partial charge in [0, 0.05) is 0 Å². The zero-order valence-corrected chi connectivity index (χ0v) is 18.5. The first kappa shape index (κ1) is 21.3. The topological polar surface area (TPSA) is 83.1 Å². The number of rotatable bonds is 8. The molecular weight excluding hydrogens is 456 g/mol. The van der Waals surface area contributed by atoms with Crippen LogP contribution >= 0.6 is 27.7 Å². The van der Waals surface area contributed by atoms with Crippen molar-refractivity contribution in [1.29, 1.82) is 0 Å². The van der Waals surface area contributed by atoms with Crippen molar-refractivity contribution in [1.82, 2.24) is 0 Å². The minimum atomic E-state index is -0.338. The van der Waals surface area contributed by atoms with E-state index in [-0.39, 0.29) is 11.1 Å². The molecule has 6 nitrogen and oxygen atoms in total. The highest BCUT2D eigenvalue weighted by atomic mass is 79.9. The maximum atomic E-state index is 11.8. The van der Waals surface area contributed by atoms with Crippen LogP contribution < -0.4 is 19.9 Å². The fourth-order valence-corrected chi connectivity index (χ4v) is 3.92. The number of amides is 1. The van der Waals surface area contributed by atoms with Crippen LogP contribution in [0.5, 0.6) is 17.2 Å². The van der Waals surface area contributed by atoms with Crippen LogP contribution in [0.4, 0.5) is 0 Å². The largest absolute Gasteiger partial charge is 0.490 e. The molecule has 0 fully saturated rings. The monoisotopic (exact) mass is 476 g/mol. The second-order valence-corrected chi connectivity index (χ2v) is 8.01. The third-order valence-corrected chi connectivity index (χ3v) is 5.35. The second-order valence-electron chi connectivity index (χ2n) is 6.09. The summed E-state index contributed by atoms with van der Waals surface area (Å²) in [4.78, 5) is 16.0. The van der Waals surface area contributed by atoms with Crippen molar-refractivity contribution >= 4 is 44.8 Å². The first-order chi connectivity index (χ1) is 14.0. The highest BCUT2D eigenvalue weighted by Gasteiger charge is 2.20. The number of thioether (sulfide) groups is 1. The fraction of sp³-hybridized carbons (Fsp3) is 0.238. The Bertz CT molecular complexity index is 975. The summed E-state index contributed by atoms with van der Waals surface area (Å²) < 4.78 is 18.1. The van der Waals surface area contributed by atoms with E-state index in [2.05, 4.69) is 20.9 Å². The average molecular weight is 477 g/mol. The van der Waals surface area contributed by atoms with Gasteiger partial charge in [0.05, 0.1) is 16.0 Å². The Morgan fingerprint density at radius 1 is 1.14 bits per heavy atom. The Labute approximate surface area is 182 Å². The number of nitrogens with zero attached hydrogens (tertiary/aromatic N) is 1.